The van der Waals surface area contributed by atoms with E-state index in [0.717, 1.165) is 12.2 Å². The van der Waals surface area contributed by atoms with Crippen molar-refractivity contribution in [2.45, 2.75) is 24.5 Å². The molecular weight excluding hydrogens is 236 g/mol. The highest BCUT2D eigenvalue weighted by Crippen LogP contribution is 2.37. The van der Waals surface area contributed by atoms with Crippen molar-refractivity contribution in [3.8, 4) is 5.75 Å². The highest BCUT2D eigenvalue weighted by Gasteiger charge is 2.30. The number of amides is 1. The van der Waals surface area contributed by atoms with Gasteiger partial charge in [-0.05, 0) is 37.7 Å². The van der Waals surface area contributed by atoms with Gasteiger partial charge >= 0.3 is 0 Å². The van der Waals surface area contributed by atoms with Gasteiger partial charge in [0.05, 0.1) is 0 Å². The third kappa shape index (κ3) is 2.91. The summed E-state index contributed by atoms with van der Waals surface area (Å²) in [7, 11) is 0. The van der Waals surface area contributed by atoms with E-state index >= 15 is 0 Å². The summed E-state index contributed by atoms with van der Waals surface area (Å²) in [5.41, 5.74) is 0.0964. The molecule has 1 amide bonds. The van der Waals surface area contributed by atoms with Crippen LogP contribution in [0.15, 0.2) is 18.3 Å². The van der Waals surface area contributed by atoms with Crippen LogP contribution in [0, 0.1) is 0 Å². The topological polar surface area (TPSA) is 62.2 Å². The first-order chi connectivity index (χ1) is 8.11. The van der Waals surface area contributed by atoms with Crippen LogP contribution in [-0.2, 0) is 0 Å². The molecule has 2 heterocycles. The fourth-order valence-corrected chi connectivity index (χ4v) is 3.14. The van der Waals surface area contributed by atoms with Gasteiger partial charge < -0.3 is 10.4 Å². The molecule has 0 aliphatic carbocycles. The Labute approximate surface area is 105 Å². The summed E-state index contributed by atoms with van der Waals surface area (Å²) in [6.45, 7) is 2.77. The van der Waals surface area contributed by atoms with E-state index in [0.29, 0.717) is 6.54 Å². The van der Waals surface area contributed by atoms with Crippen LogP contribution in [0.4, 0.5) is 0 Å². The van der Waals surface area contributed by atoms with Crippen molar-refractivity contribution >= 4 is 17.7 Å². The van der Waals surface area contributed by atoms with Crippen LogP contribution in [0.3, 0.4) is 0 Å². The van der Waals surface area contributed by atoms with Gasteiger partial charge in [0.25, 0.3) is 5.91 Å². The molecule has 0 bridgehead atoms. The molecule has 17 heavy (non-hydrogen) atoms. The van der Waals surface area contributed by atoms with Gasteiger partial charge in [-0.1, -0.05) is 0 Å². The van der Waals surface area contributed by atoms with E-state index in [9.17, 15) is 9.90 Å². The zero-order valence-corrected chi connectivity index (χ0v) is 10.6. The number of hydrogen-bond donors (Lipinski definition) is 2. The number of rotatable bonds is 3. The Morgan fingerprint density at radius 3 is 3.18 bits per heavy atom. The molecule has 1 aliphatic heterocycles. The molecule has 2 N–H and O–H groups in total. The molecule has 1 fully saturated rings. The Morgan fingerprint density at radius 1 is 1.71 bits per heavy atom. The number of aromatic hydroxyl groups is 1. The molecule has 1 aromatic heterocycles. The van der Waals surface area contributed by atoms with Crippen molar-refractivity contribution in [1.29, 1.82) is 0 Å². The van der Waals surface area contributed by atoms with Crippen molar-refractivity contribution in [3.05, 3.63) is 24.0 Å². The molecule has 1 saturated heterocycles. The summed E-state index contributed by atoms with van der Waals surface area (Å²) in [5.74, 6) is 0.771. The first kappa shape index (κ1) is 12.2. The second-order valence-electron chi connectivity index (χ2n) is 4.46. The number of nitrogens with zero attached hydrogens (tertiary/aromatic N) is 1. The molecule has 1 aliphatic rings. The number of nitrogens with one attached hydrogen (secondary N) is 1. The molecule has 92 valence electrons. The monoisotopic (exact) mass is 252 g/mol. The second kappa shape index (κ2) is 4.96. The smallest absolute Gasteiger partial charge is 0.273 e. The highest BCUT2D eigenvalue weighted by atomic mass is 32.2. The predicted molar refractivity (Wildman–Crippen MR) is 68.3 cm³/mol. The summed E-state index contributed by atoms with van der Waals surface area (Å²) >= 11 is 1.89. The minimum Gasteiger partial charge on any atom is -0.505 e. The molecule has 0 saturated carbocycles. The highest BCUT2D eigenvalue weighted by molar-refractivity contribution is 8.00. The normalized spacial score (nSPS) is 23.6. The van der Waals surface area contributed by atoms with Crippen LogP contribution in [-0.4, -0.2) is 33.0 Å². The second-order valence-corrected chi connectivity index (χ2v) is 6.14. The van der Waals surface area contributed by atoms with Crippen molar-refractivity contribution in [3.63, 3.8) is 0 Å². The molecule has 1 aromatic rings. The fraction of sp³-hybridized carbons (Fsp3) is 0.500. The maximum atomic E-state index is 11.8. The van der Waals surface area contributed by atoms with Crippen LogP contribution in [0.2, 0.25) is 0 Å². The maximum absolute atomic E-state index is 11.8. The lowest BCUT2D eigenvalue weighted by atomic mass is 10.1. The Morgan fingerprint density at radius 2 is 2.53 bits per heavy atom. The van der Waals surface area contributed by atoms with E-state index in [2.05, 4.69) is 17.2 Å². The number of thioether (sulfide) groups is 1. The average molecular weight is 252 g/mol. The zero-order valence-electron chi connectivity index (χ0n) is 9.77. The number of carbonyl (C=O) groups is 1. The molecule has 1 atom stereocenters. The van der Waals surface area contributed by atoms with Gasteiger partial charge in [0, 0.05) is 17.5 Å². The van der Waals surface area contributed by atoms with Gasteiger partial charge in [-0.2, -0.15) is 11.8 Å². The minimum absolute atomic E-state index is 0.0748. The van der Waals surface area contributed by atoms with E-state index in [4.69, 9.17) is 0 Å². The molecule has 5 heteroatoms. The lowest BCUT2D eigenvalue weighted by molar-refractivity contribution is 0.0942. The van der Waals surface area contributed by atoms with Crippen LogP contribution >= 0.6 is 11.8 Å². The molecular formula is C12H16N2O2S. The van der Waals surface area contributed by atoms with Crippen LogP contribution in [0.5, 0.6) is 5.75 Å². The summed E-state index contributed by atoms with van der Waals surface area (Å²) in [4.78, 5) is 15.7. The minimum atomic E-state index is -0.308. The van der Waals surface area contributed by atoms with Gasteiger partial charge in [0.1, 0.15) is 5.75 Å². The van der Waals surface area contributed by atoms with Crippen molar-refractivity contribution in [1.82, 2.24) is 10.3 Å². The van der Waals surface area contributed by atoms with Crippen LogP contribution in [0.1, 0.15) is 30.3 Å². The Hall–Kier alpha value is -1.23. The number of hydrogen-bond acceptors (Lipinski definition) is 4. The standard InChI is InChI=1S/C12H16N2O2S/c1-12(5-3-7-17-12)8-14-11(16)10-9(15)4-2-6-13-10/h2,4,6,15H,3,5,7-8H2,1H3,(H,14,16). The van der Waals surface area contributed by atoms with Crippen molar-refractivity contribution in [2.24, 2.45) is 0 Å². The lowest BCUT2D eigenvalue weighted by Gasteiger charge is -2.22. The fourth-order valence-electron chi connectivity index (χ4n) is 1.90. The number of pyridine rings is 1. The first-order valence-corrected chi connectivity index (χ1v) is 6.65. The Kier molecular flexibility index (Phi) is 3.57. The number of aromatic nitrogens is 1. The lowest BCUT2D eigenvalue weighted by Crippen LogP contribution is -2.37. The van der Waals surface area contributed by atoms with Crippen molar-refractivity contribution in [2.75, 3.05) is 12.3 Å². The third-order valence-corrected chi connectivity index (χ3v) is 4.46. The van der Waals surface area contributed by atoms with E-state index in [1.165, 1.54) is 18.7 Å². The average Bonchev–Trinajstić information content (AvgIpc) is 2.74. The summed E-state index contributed by atoms with van der Waals surface area (Å²) in [5, 5.41) is 12.3. The van der Waals surface area contributed by atoms with E-state index in [-0.39, 0.29) is 22.1 Å². The predicted octanol–water partition coefficient (Wildman–Crippen LogP) is 1.80. The van der Waals surface area contributed by atoms with Gasteiger partial charge in [0.15, 0.2) is 5.69 Å². The Bertz CT molecular complexity index is 417. The van der Waals surface area contributed by atoms with Crippen LogP contribution < -0.4 is 5.32 Å². The van der Waals surface area contributed by atoms with Gasteiger partial charge in [-0.15, -0.1) is 0 Å². The Balaban J connectivity index is 1.96. The molecule has 0 spiro atoms. The molecule has 0 radical (unpaired) electrons. The van der Waals surface area contributed by atoms with E-state index in [1.54, 1.807) is 6.07 Å². The SMILES string of the molecule is CC1(CNC(=O)c2ncccc2O)CCCS1. The van der Waals surface area contributed by atoms with E-state index < -0.39 is 0 Å². The van der Waals surface area contributed by atoms with Crippen LogP contribution in [0.25, 0.3) is 0 Å². The maximum Gasteiger partial charge on any atom is 0.273 e. The third-order valence-electron chi connectivity index (χ3n) is 2.92. The van der Waals surface area contributed by atoms with E-state index in [1.807, 2.05) is 11.8 Å². The molecule has 0 aromatic carbocycles. The first-order valence-electron chi connectivity index (χ1n) is 5.67. The molecule has 4 nitrogen and oxygen atoms in total. The van der Waals surface area contributed by atoms with Gasteiger partial charge in [-0.25, -0.2) is 4.98 Å². The van der Waals surface area contributed by atoms with Crippen molar-refractivity contribution < 1.29 is 9.90 Å². The number of carbonyl (C=O) groups excluding carboxylic acids is 1. The van der Waals surface area contributed by atoms with Gasteiger partial charge in [0.2, 0.25) is 0 Å². The molecule has 2 rings (SSSR count). The zero-order chi connectivity index (χ0) is 12.3. The summed E-state index contributed by atoms with van der Waals surface area (Å²) in [6, 6.07) is 3.06. The largest absolute Gasteiger partial charge is 0.505 e. The molecule has 1 unspecified atom stereocenters. The quantitative estimate of drug-likeness (QED) is 0.861. The summed E-state index contributed by atoms with van der Waals surface area (Å²) < 4.78 is 0.125. The summed E-state index contributed by atoms with van der Waals surface area (Å²) in [6.07, 6.45) is 3.82. The van der Waals surface area contributed by atoms with Gasteiger partial charge in [-0.3, -0.25) is 4.79 Å².